The van der Waals surface area contributed by atoms with Crippen molar-refractivity contribution in [1.29, 1.82) is 0 Å². The Bertz CT molecular complexity index is 1020. The van der Waals surface area contributed by atoms with E-state index in [2.05, 4.69) is 10.4 Å². The lowest BCUT2D eigenvalue weighted by molar-refractivity contribution is 0.102. The highest BCUT2D eigenvalue weighted by Crippen LogP contribution is 2.20. The summed E-state index contributed by atoms with van der Waals surface area (Å²) in [5.74, 6) is -2.44. The summed E-state index contributed by atoms with van der Waals surface area (Å²) in [5, 5.41) is 7.01. The lowest BCUT2D eigenvalue weighted by Gasteiger charge is -2.13. The predicted molar refractivity (Wildman–Crippen MR) is 95.2 cm³/mol. The standard InChI is InChI=1S/C19H17F2N3O2/c1-11(2)10-24-19(26)13-7-4-3-6-12(13)16(23-24)18(25)22-17-14(20)8-5-9-15(17)21/h3-9,11H,10H2,1-2H3,(H,22,25). The summed E-state index contributed by atoms with van der Waals surface area (Å²) in [5.41, 5.74) is -0.934. The zero-order valence-electron chi connectivity index (χ0n) is 14.3. The largest absolute Gasteiger partial charge is 0.316 e. The number of fused-ring (bicyclic) bond motifs is 1. The molecule has 0 unspecified atom stereocenters. The zero-order valence-corrected chi connectivity index (χ0v) is 14.3. The number of hydrogen-bond donors (Lipinski definition) is 1. The maximum atomic E-state index is 13.8. The molecule has 0 atom stereocenters. The van der Waals surface area contributed by atoms with Crippen molar-refractivity contribution >= 4 is 22.4 Å². The molecule has 0 bridgehead atoms. The van der Waals surface area contributed by atoms with Gasteiger partial charge >= 0.3 is 0 Å². The van der Waals surface area contributed by atoms with Gasteiger partial charge in [-0.1, -0.05) is 38.1 Å². The van der Waals surface area contributed by atoms with Gasteiger partial charge in [0.25, 0.3) is 11.5 Å². The molecule has 1 aromatic heterocycles. The van der Waals surface area contributed by atoms with Crippen molar-refractivity contribution in [2.45, 2.75) is 20.4 Å². The van der Waals surface area contributed by atoms with Crippen molar-refractivity contribution in [3.05, 3.63) is 70.1 Å². The fraction of sp³-hybridized carbons (Fsp3) is 0.211. The Balaban J connectivity index is 2.13. The van der Waals surface area contributed by atoms with E-state index in [-0.39, 0.29) is 17.2 Å². The van der Waals surface area contributed by atoms with Crippen LogP contribution in [-0.2, 0) is 6.54 Å². The molecular weight excluding hydrogens is 340 g/mol. The van der Waals surface area contributed by atoms with Crippen molar-refractivity contribution in [1.82, 2.24) is 9.78 Å². The molecule has 0 fully saturated rings. The molecule has 0 saturated carbocycles. The molecule has 0 aliphatic carbocycles. The van der Waals surface area contributed by atoms with Gasteiger partial charge in [0.05, 0.1) is 5.39 Å². The van der Waals surface area contributed by atoms with Gasteiger partial charge in [0.1, 0.15) is 17.3 Å². The van der Waals surface area contributed by atoms with Crippen LogP contribution in [0, 0.1) is 17.6 Å². The van der Waals surface area contributed by atoms with E-state index in [1.54, 1.807) is 24.3 Å². The van der Waals surface area contributed by atoms with Gasteiger partial charge in [-0.25, -0.2) is 13.5 Å². The van der Waals surface area contributed by atoms with Gasteiger partial charge < -0.3 is 5.32 Å². The minimum atomic E-state index is -0.891. The molecule has 1 heterocycles. The molecule has 5 nitrogen and oxygen atoms in total. The summed E-state index contributed by atoms with van der Waals surface area (Å²) in [6.07, 6.45) is 0. The van der Waals surface area contributed by atoms with Crippen LogP contribution in [0.15, 0.2) is 47.3 Å². The number of carbonyl (C=O) groups excluding carboxylic acids is 1. The monoisotopic (exact) mass is 357 g/mol. The molecule has 0 aliphatic rings. The third kappa shape index (κ3) is 3.33. The average Bonchev–Trinajstić information content (AvgIpc) is 2.60. The molecule has 3 rings (SSSR count). The normalized spacial score (nSPS) is 11.1. The zero-order chi connectivity index (χ0) is 18.8. The molecule has 1 amide bonds. The Labute approximate surface area is 148 Å². The van der Waals surface area contributed by atoms with Crippen LogP contribution in [-0.4, -0.2) is 15.7 Å². The third-order valence-corrected chi connectivity index (χ3v) is 3.82. The number of amides is 1. The molecule has 26 heavy (non-hydrogen) atoms. The van der Waals surface area contributed by atoms with Crippen LogP contribution in [0.3, 0.4) is 0 Å². The number of rotatable bonds is 4. The minimum Gasteiger partial charge on any atom is -0.316 e. The molecule has 7 heteroatoms. The summed E-state index contributed by atoms with van der Waals surface area (Å²) < 4.78 is 28.9. The van der Waals surface area contributed by atoms with Crippen LogP contribution >= 0.6 is 0 Å². The number of nitrogens with one attached hydrogen (secondary N) is 1. The summed E-state index contributed by atoms with van der Waals surface area (Å²) in [6.45, 7) is 4.15. The third-order valence-electron chi connectivity index (χ3n) is 3.82. The van der Waals surface area contributed by atoms with Crippen LogP contribution in [0.2, 0.25) is 0 Å². The predicted octanol–water partition coefficient (Wildman–Crippen LogP) is 3.58. The molecular formula is C19H17F2N3O2. The average molecular weight is 357 g/mol. The van der Waals surface area contributed by atoms with Gasteiger partial charge in [0, 0.05) is 11.9 Å². The lowest BCUT2D eigenvalue weighted by Crippen LogP contribution is -2.29. The Morgan fingerprint density at radius 2 is 1.69 bits per heavy atom. The van der Waals surface area contributed by atoms with E-state index in [0.717, 1.165) is 12.1 Å². The summed E-state index contributed by atoms with van der Waals surface area (Å²) >= 11 is 0. The van der Waals surface area contributed by atoms with Crippen LogP contribution in [0.1, 0.15) is 24.3 Å². The quantitative estimate of drug-likeness (QED) is 0.776. The molecule has 0 saturated heterocycles. The SMILES string of the molecule is CC(C)Cn1nc(C(=O)Nc2c(F)cccc2F)c2ccccc2c1=O. The molecule has 3 aromatic rings. The molecule has 0 radical (unpaired) electrons. The van der Waals surface area contributed by atoms with Crippen molar-refractivity contribution in [2.24, 2.45) is 5.92 Å². The molecule has 0 aliphatic heterocycles. The summed E-state index contributed by atoms with van der Waals surface area (Å²) in [6, 6.07) is 9.82. The number of halogens is 2. The van der Waals surface area contributed by atoms with E-state index in [0.29, 0.717) is 17.3 Å². The van der Waals surface area contributed by atoms with Gasteiger partial charge in [0.15, 0.2) is 5.69 Å². The van der Waals surface area contributed by atoms with Crippen molar-refractivity contribution in [2.75, 3.05) is 5.32 Å². The Hall–Kier alpha value is -3.09. The Kier molecular flexibility index (Phi) is 4.79. The molecule has 2 aromatic carbocycles. The van der Waals surface area contributed by atoms with Crippen LogP contribution in [0.4, 0.5) is 14.5 Å². The van der Waals surface area contributed by atoms with Crippen molar-refractivity contribution in [3.8, 4) is 0 Å². The van der Waals surface area contributed by atoms with Crippen LogP contribution < -0.4 is 10.9 Å². The topological polar surface area (TPSA) is 64.0 Å². The second kappa shape index (κ2) is 7.03. The molecule has 134 valence electrons. The fourth-order valence-electron chi connectivity index (χ4n) is 2.66. The summed E-state index contributed by atoms with van der Waals surface area (Å²) in [7, 11) is 0. The highest BCUT2D eigenvalue weighted by molar-refractivity contribution is 6.11. The number of hydrogen-bond acceptors (Lipinski definition) is 3. The van der Waals surface area contributed by atoms with E-state index in [4.69, 9.17) is 0 Å². The fourth-order valence-corrected chi connectivity index (χ4v) is 2.66. The highest BCUT2D eigenvalue weighted by Gasteiger charge is 2.19. The number of para-hydroxylation sites is 1. The first-order valence-corrected chi connectivity index (χ1v) is 8.13. The first kappa shape index (κ1) is 17.7. The van der Waals surface area contributed by atoms with Gasteiger partial charge in [-0.2, -0.15) is 5.10 Å². The van der Waals surface area contributed by atoms with E-state index >= 15 is 0 Å². The Morgan fingerprint density at radius 3 is 2.31 bits per heavy atom. The van der Waals surface area contributed by atoms with Gasteiger partial charge in [-0.3, -0.25) is 9.59 Å². The van der Waals surface area contributed by atoms with Crippen LogP contribution in [0.5, 0.6) is 0 Å². The van der Waals surface area contributed by atoms with Crippen molar-refractivity contribution in [3.63, 3.8) is 0 Å². The van der Waals surface area contributed by atoms with Crippen LogP contribution in [0.25, 0.3) is 10.8 Å². The van der Waals surface area contributed by atoms with Gasteiger partial charge in [-0.05, 0) is 24.1 Å². The van der Waals surface area contributed by atoms with E-state index in [9.17, 15) is 18.4 Å². The number of carbonyl (C=O) groups is 1. The second-order valence-electron chi connectivity index (χ2n) is 6.33. The van der Waals surface area contributed by atoms with E-state index < -0.39 is 23.2 Å². The number of nitrogens with zero attached hydrogens (tertiary/aromatic N) is 2. The lowest BCUT2D eigenvalue weighted by atomic mass is 10.1. The number of anilines is 1. The molecule has 0 spiro atoms. The molecule has 1 N–H and O–H groups in total. The summed E-state index contributed by atoms with van der Waals surface area (Å²) in [4.78, 5) is 25.2. The first-order valence-electron chi connectivity index (χ1n) is 8.13. The smallest absolute Gasteiger partial charge is 0.276 e. The Morgan fingerprint density at radius 1 is 1.08 bits per heavy atom. The van der Waals surface area contributed by atoms with Gasteiger partial charge in [-0.15, -0.1) is 0 Å². The van der Waals surface area contributed by atoms with E-state index in [1.807, 2.05) is 13.8 Å². The maximum Gasteiger partial charge on any atom is 0.276 e. The highest BCUT2D eigenvalue weighted by atomic mass is 19.1. The number of aromatic nitrogens is 2. The van der Waals surface area contributed by atoms with Gasteiger partial charge in [0.2, 0.25) is 0 Å². The van der Waals surface area contributed by atoms with E-state index in [1.165, 1.54) is 10.7 Å². The number of benzene rings is 2. The minimum absolute atomic E-state index is 0.0662. The second-order valence-corrected chi connectivity index (χ2v) is 6.33. The van der Waals surface area contributed by atoms with Crippen molar-refractivity contribution < 1.29 is 13.6 Å². The maximum absolute atomic E-state index is 13.8. The first-order chi connectivity index (χ1) is 12.4.